The van der Waals surface area contributed by atoms with Crippen LogP contribution in [0.25, 0.3) is 0 Å². The molecule has 1 aliphatic rings. The van der Waals surface area contributed by atoms with Crippen molar-refractivity contribution >= 4 is 23.6 Å². The fraction of sp³-hybridized carbons (Fsp3) is 0.389. The molecule has 2 N–H and O–H groups in total. The Morgan fingerprint density at radius 1 is 1.11 bits per heavy atom. The molecule has 1 fully saturated rings. The van der Waals surface area contributed by atoms with Crippen LogP contribution < -0.4 is 20.3 Å². The molecule has 1 saturated heterocycles. The lowest BCUT2D eigenvalue weighted by molar-refractivity contribution is -0.133. The molecule has 10 nitrogen and oxygen atoms in total. The minimum Gasteiger partial charge on any atom is -0.468 e. The first-order valence-corrected chi connectivity index (χ1v) is 9.09. The molecule has 2 aromatic rings. The van der Waals surface area contributed by atoms with Crippen LogP contribution in [0.2, 0.25) is 0 Å². The smallest absolute Gasteiger partial charge is 0.319 e. The third-order valence-corrected chi connectivity index (χ3v) is 4.14. The lowest BCUT2D eigenvalue weighted by Crippen LogP contribution is -2.50. The molecule has 28 heavy (non-hydrogen) atoms. The van der Waals surface area contributed by atoms with E-state index in [1.807, 2.05) is 11.8 Å². The molecule has 0 saturated carbocycles. The third kappa shape index (κ3) is 5.29. The van der Waals surface area contributed by atoms with Crippen molar-refractivity contribution in [2.45, 2.75) is 6.92 Å². The second kappa shape index (κ2) is 9.49. The Hall–Kier alpha value is -3.43. The molecule has 1 aliphatic heterocycles. The number of pyridine rings is 1. The standard InChI is InChI=1S/C18H23N7O3/c1-2-19-18(27)23-14-4-5-15(22-12-14)28-13-16(26)24-8-10-25(11-9-24)17-20-6-3-7-21-17/h3-7,12H,2,8-11,13H2,1H3,(H2,19,23,27). The van der Waals surface area contributed by atoms with Gasteiger partial charge >= 0.3 is 6.03 Å². The molecule has 10 heteroatoms. The Morgan fingerprint density at radius 2 is 1.86 bits per heavy atom. The van der Waals surface area contributed by atoms with Gasteiger partial charge in [0.1, 0.15) is 0 Å². The van der Waals surface area contributed by atoms with Gasteiger partial charge in [-0.25, -0.2) is 19.7 Å². The van der Waals surface area contributed by atoms with Crippen molar-refractivity contribution in [3.05, 3.63) is 36.8 Å². The van der Waals surface area contributed by atoms with Gasteiger partial charge < -0.3 is 25.2 Å². The van der Waals surface area contributed by atoms with Crippen LogP contribution in [0.5, 0.6) is 5.88 Å². The summed E-state index contributed by atoms with van der Waals surface area (Å²) in [4.78, 5) is 40.2. The predicted octanol–water partition coefficient (Wildman–Crippen LogP) is 0.741. The number of amides is 3. The zero-order valence-electron chi connectivity index (χ0n) is 15.7. The highest BCUT2D eigenvalue weighted by atomic mass is 16.5. The SMILES string of the molecule is CCNC(=O)Nc1ccc(OCC(=O)N2CCN(c3ncccn3)CC2)nc1. The molecule has 0 unspecified atom stereocenters. The molecule has 0 spiro atoms. The molecule has 0 atom stereocenters. The molecular weight excluding hydrogens is 362 g/mol. The molecule has 0 aliphatic carbocycles. The van der Waals surface area contributed by atoms with E-state index in [4.69, 9.17) is 4.74 Å². The number of urea groups is 1. The fourth-order valence-corrected chi connectivity index (χ4v) is 2.71. The first-order chi connectivity index (χ1) is 13.7. The van der Waals surface area contributed by atoms with Crippen LogP contribution in [0, 0.1) is 0 Å². The first kappa shape index (κ1) is 19.3. The highest BCUT2D eigenvalue weighted by molar-refractivity contribution is 5.88. The zero-order valence-corrected chi connectivity index (χ0v) is 15.7. The van der Waals surface area contributed by atoms with Gasteiger partial charge in [-0.1, -0.05) is 0 Å². The van der Waals surface area contributed by atoms with E-state index < -0.39 is 0 Å². The average Bonchev–Trinajstić information content (AvgIpc) is 2.74. The Bertz CT molecular complexity index is 778. The van der Waals surface area contributed by atoms with Crippen molar-refractivity contribution in [2.75, 3.05) is 49.5 Å². The molecular formula is C18H23N7O3. The molecule has 0 aromatic carbocycles. The van der Waals surface area contributed by atoms with Gasteiger partial charge in [0.05, 0.1) is 11.9 Å². The maximum Gasteiger partial charge on any atom is 0.319 e. The number of nitrogens with zero attached hydrogens (tertiary/aromatic N) is 5. The molecule has 148 valence electrons. The number of ether oxygens (including phenoxy) is 1. The minimum absolute atomic E-state index is 0.0854. The van der Waals surface area contributed by atoms with Gasteiger partial charge in [-0.15, -0.1) is 0 Å². The summed E-state index contributed by atoms with van der Waals surface area (Å²) >= 11 is 0. The van der Waals surface area contributed by atoms with Crippen LogP contribution in [-0.2, 0) is 4.79 Å². The largest absolute Gasteiger partial charge is 0.468 e. The summed E-state index contributed by atoms with van der Waals surface area (Å²) in [5.74, 6) is 0.905. The molecule has 3 rings (SSSR count). The lowest BCUT2D eigenvalue weighted by Gasteiger charge is -2.34. The summed E-state index contributed by atoms with van der Waals surface area (Å²) in [5.41, 5.74) is 0.545. The summed E-state index contributed by atoms with van der Waals surface area (Å²) in [6.07, 6.45) is 4.89. The quantitative estimate of drug-likeness (QED) is 0.754. The van der Waals surface area contributed by atoms with E-state index in [9.17, 15) is 9.59 Å². The molecule has 2 aromatic heterocycles. The van der Waals surface area contributed by atoms with Crippen LogP contribution in [-0.4, -0.2) is 71.1 Å². The monoisotopic (exact) mass is 385 g/mol. The number of piperazine rings is 1. The lowest BCUT2D eigenvalue weighted by atomic mass is 10.3. The summed E-state index contributed by atoms with van der Waals surface area (Å²) in [5, 5.41) is 5.27. The van der Waals surface area contributed by atoms with E-state index in [0.717, 1.165) is 0 Å². The van der Waals surface area contributed by atoms with Crippen LogP contribution in [0.15, 0.2) is 36.8 Å². The Morgan fingerprint density at radius 3 is 2.50 bits per heavy atom. The van der Waals surface area contributed by atoms with E-state index in [0.29, 0.717) is 50.2 Å². The van der Waals surface area contributed by atoms with Gasteiger partial charge in [-0.05, 0) is 19.1 Å². The van der Waals surface area contributed by atoms with Crippen LogP contribution in [0.3, 0.4) is 0 Å². The maximum absolute atomic E-state index is 12.4. The van der Waals surface area contributed by atoms with E-state index in [1.165, 1.54) is 6.20 Å². The van der Waals surface area contributed by atoms with Gasteiger partial charge in [0.15, 0.2) is 6.61 Å². The molecule has 3 amide bonds. The summed E-state index contributed by atoms with van der Waals surface area (Å²) in [7, 11) is 0. The third-order valence-electron chi connectivity index (χ3n) is 4.14. The minimum atomic E-state index is -0.298. The predicted molar refractivity (Wildman–Crippen MR) is 103 cm³/mol. The van der Waals surface area contributed by atoms with Gasteiger partial charge in [0.25, 0.3) is 5.91 Å². The van der Waals surface area contributed by atoms with Crippen molar-refractivity contribution in [1.29, 1.82) is 0 Å². The molecule has 0 radical (unpaired) electrons. The maximum atomic E-state index is 12.4. The van der Waals surface area contributed by atoms with E-state index in [1.54, 1.807) is 35.5 Å². The number of carbonyl (C=O) groups is 2. The number of rotatable bonds is 6. The van der Waals surface area contributed by atoms with Gasteiger partial charge in [0, 0.05) is 51.2 Å². The number of anilines is 2. The molecule has 3 heterocycles. The van der Waals surface area contributed by atoms with Crippen molar-refractivity contribution in [1.82, 2.24) is 25.2 Å². The van der Waals surface area contributed by atoms with Crippen LogP contribution in [0.4, 0.5) is 16.4 Å². The van der Waals surface area contributed by atoms with Crippen molar-refractivity contribution < 1.29 is 14.3 Å². The zero-order chi connectivity index (χ0) is 19.8. The van der Waals surface area contributed by atoms with Gasteiger partial charge in [-0.3, -0.25) is 4.79 Å². The fourth-order valence-electron chi connectivity index (χ4n) is 2.71. The molecule has 0 bridgehead atoms. The Labute approximate surface area is 162 Å². The number of aromatic nitrogens is 3. The second-order valence-corrected chi connectivity index (χ2v) is 6.07. The van der Waals surface area contributed by atoms with E-state index in [2.05, 4.69) is 25.6 Å². The second-order valence-electron chi connectivity index (χ2n) is 6.07. The number of hydrogen-bond acceptors (Lipinski definition) is 7. The van der Waals surface area contributed by atoms with E-state index >= 15 is 0 Å². The normalized spacial score (nSPS) is 13.8. The van der Waals surface area contributed by atoms with E-state index in [-0.39, 0.29) is 18.5 Å². The average molecular weight is 385 g/mol. The number of hydrogen-bond donors (Lipinski definition) is 2. The van der Waals surface area contributed by atoms with Crippen molar-refractivity contribution in [3.8, 4) is 5.88 Å². The summed E-state index contributed by atoms with van der Waals surface area (Å²) in [6, 6.07) is 4.76. The van der Waals surface area contributed by atoms with Gasteiger partial charge in [-0.2, -0.15) is 0 Å². The highest BCUT2D eigenvalue weighted by Crippen LogP contribution is 2.13. The Balaban J connectivity index is 1.42. The number of carbonyl (C=O) groups excluding carboxylic acids is 2. The topological polar surface area (TPSA) is 113 Å². The van der Waals surface area contributed by atoms with Crippen LogP contribution in [0.1, 0.15) is 6.92 Å². The summed E-state index contributed by atoms with van der Waals surface area (Å²) in [6.45, 7) is 4.81. The van der Waals surface area contributed by atoms with Crippen molar-refractivity contribution in [2.24, 2.45) is 0 Å². The Kier molecular flexibility index (Phi) is 6.55. The highest BCUT2D eigenvalue weighted by Gasteiger charge is 2.22. The summed E-state index contributed by atoms with van der Waals surface area (Å²) < 4.78 is 5.47. The van der Waals surface area contributed by atoms with Crippen LogP contribution >= 0.6 is 0 Å². The first-order valence-electron chi connectivity index (χ1n) is 9.09. The van der Waals surface area contributed by atoms with Gasteiger partial charge in [0.2, 0.25) is 11.8 Å². The van der Waals surface area contributed by atoms with Crippen molar-refractivity contribution in [3.63, 3.8) is 0 Å². The number of nitrogens with one attached hydrogen (secondary N) is 2.